The van der Waals surface area contributed by atoms with E-state index in [9.17, 15) is 14.4 Å². The van der Waals surface area contributed by atoms with Crippen LogP contribution in [0, 0.1) is 11.3 Å². The van der Waals surface area contributed by atoms with E-state index in [1.165, 1.54) is 38.5 Å². The summed E-state index contributed by atoms with van der Waals surface area (Å²) in [5.74, 6) is -1.45. The van der Waals surface area contributed by atoms with Gasteiger partial charge in [0.25, 0.3) is 0 Å². The minimum Gasteiger partial charge on any atom is -0.298 e. The van der Waals surface area contributed by atoms with Crippen molar-refractivity contribution in [1.29, 1.82) is 0 Å². The smallest absolute Gasteiger partial charge is 0.151 e. The molecule has 1 fully saturated rings. The molecule has 0 N–H and O–H groups in total. The molecule has 1 rings (SSSR count). The predicted octanol–water partition coefficient (Wildman–Crippen LogP) is 6.94. The monoisotopic (exact) mass is 402 g/mol. The summed E-state index contributed by atoms with van der Waals surface area (Å²) in [6.07, 6.45) is 22.6. The third-order valence-electron chi connectivity index (χ3n) is 5.65. The summed E-state index contributed by atoms with van der Waals surface area (Å²) in [5, 5.41) is 0. The fourth-order valence-electron chi connectivity index (χ4n) is 4.00. The zero-order chi connectivity index (χ0) is 21.5. The van der Waals surface area contributed by atoms with Crippen molar-refractivity contribution in [3.63, 3.8) is 0 Å². The second-order valence-electron chi connectivity index (χ2n) is 9.33. The van der Waals surface area contributed by atoms with E-state index in [-0.39, 0.29) is 22.8 Å². The molecule has 1 saturated carbocycles. The van der Waals surface area contributed by atoms with Crippen LogP contribution in [0.3, 0.4) is 0 Å². The van der Waals surface area contributed by atoms with Gasteiger partial charge in [0.15, 0.2) is 17.3 Å². The first-order valence-corrected chi connectivity index (χ1v) is 11.8. The largest absolute Gasteiger partial charge is 0.298 e. The fourth-order valence-corrected chi connectivity index (χ4v) is 4.00. The van der Waals surface area contributed by atoms with E-state index < -0.39 is 5.92 Å². The predicted molar refractivity (Wildman–Crippen MR) is 121 cm³/mol. The summed E-state index contributed by atoms with van der Waals surface area (Å²) in [6, 6.07) is 0. The van der Waals surface area contributed by atoms with Gasteiger partial charge in [-0.15, -0.1) is 0 Å². The normalized spacial score (nSPS) is 17.6. The van der Waals surface area contributed by atoms with Crippen LogP contribution in [0.15, 0.2) is 24.3 Å². The molecule has 164 valence electrons. The molecule has 0 amide bonds. The van der Waals surface area contributed by atoms with Crippen molar-refractivity contribution >= 4 is 17.3 Å². The minimum absolute atomic E-state index is 0.152. The van der Waals surface area contributed by atoms with Crippen molar-refractivity contribution in [2.45, 2.75) is 111 Å². The molecule has 0 unspecified atom stereocenters. The zero-order valence-electron chi connectivity index (χ0n) is 19.0. The summed E-state index contributed by atoms with van der Waals surface area (Å²) in [4.78, 5) is 36.6. The van der Waals surface area contributed by atoms with Gasteiger partial charge >= 0.3 is 0 Å². The summed E-state index contributed by atoms with van der Waals surface area (Å²) in [7, 11) is 0. The Kier molecular flexibility index (Phi) is 12.7. The van der Waals surface area contributed by atoms with Gasteiger partial charge in [0.05, 0.1) is 0 Å². The summed E-state index contributed by atoms with van der Waals surface area (Å²) in [5.41, 5.74) is -0.287. The molecule has 0 bridgehead atoms. The average Bonchev–Trinajstić information content (AvgIpc) is 2.63. The average molecular weight is 403 g/mol. The molecule has 0 aromatic heterocycles. The van der Waals surface area contributed by atoms with E-state index >= 15 is 0 Å². The van der Waals surface area contributed by atoms with E-state index in [1.807, 2.05) is 13.8 Å². The Balaban J connectivity index is 2.03. The molecule has 1 aliphatic carbocycles. The molecule has 0 spiro atoms. The van der Waals surface area contributed by atoms with E-state index in [2.05, 4.69) is 31.2 Å². The van der Waals surface area contributed by atoms with Crippen molar-refractivity contribution in [3.8, 4) is 0 Å². The van der Waals surface area contributed by atoms with E-state index in [0.717, 1.165) is 32.1 Å². The Morgan fingerprint density at radius 2 is 1.34 bits per heavy atom. The van der Waals surface area contributed by atoms with Gasteiger partial charge in [0, 0.05) is 19.3 Å². The van der Waals surface area contributed by atoms with Gasteiger partial charge in [-0.25, -0.2) is 0 Å². The van der Waals surface area contributed by atoms with E-state index in [0.29, 0.717) is 19.3 Å². The summed E-state index contributed by atoms with van der Waals surface area (Å²) in [6.45, 7) is 6.07. The molecule has 0 saturated heterocycles. The number of allylic oxidation sites excluding steroid dienone is 4. The molecule has 0 aromatic carbocycles. The lowest BCUT2D eigenvalue weighted by Gasteiger charge is -2.31. The van der Waals surface area contributed by atoms with Crippen molar-refractivity contribution in [1.82, 2.24) is 0 Å². The SMILES string of the molecule is CCCCC/C=C\C/C=C\CCCCCCCC(=O)C1C(=O)CC(C)(C)CC1=O. The highest BCUT2D eigenvalue weighted by Crippen LogP contribution is 2.34. The fraction of sp³-hybridized carbons (Fsp3) is 0.731. The maximum atomic E-state index is 12.3. The molecular formula is C26H42O3. The first-order valence-electron chi connectivity index (χ1n) is 11.8. The van der Waals surface area contributed by atoms with Crippen molar-refractivity contribution in [2.75, 3.05) is 0 Å². The number of rotatable bonds is 15. The highest BCUT2D eigenvalue weighted by atomic mass is 16.2. The van der Waals surface area contributed by atoms with Crippen LogP contribution in [-0.2, 0) is 14.4 Å². The number of ketones is 3. The van der Waals surface area contributed by atoms with Crippen LogP contribution in [-0.4, -0.2) is 17.3 Å². The van der Waals surface area contributed by atoms with Crippen LogP contribution in [0.5, 0.6) is 0 Å². The van der Waals surface area contributed by atoms with Crippen LogP contribution >= 0.6 is 0 Å². The quantitative estimate of drug-likeness (QED) is 0.169. The number of carbonyl (C=O) groups excluding carboxylic acids is 3. The lowest BCUT2D eigenvalue weighted by atomic mass is 9.70. The van der Waals surface area contributed by atoms with Crippen molar-refractivity contribution < 1.29 is 14.4 Å². The van der Waals surface area contributed by atoms with Crippen molar-refractivity contribution in [2.24, 2.45) is 11.3 Å². The topological polar surface area (TPSA) is 51.2 Å². The molecule has 0 radical (unpaired) electrons. The molecule has 1 aliphatic rings. The molecule has 29 heavy (non-hydrogen) atoms. The van der Waals surface area contributed by atoms with Gasteiger partial charge in [-0.3, -0.25) is 14.4 Å². The number of Topliss-reactive ketones (excluding diaryl/α,β-unsaturated/α-hetero) is 3. The Labute approximate surface area is 178 Å². The Morgan fingerprint density at radius 1 is 0.828 bits per heavy atom. The third kappa shape index (κ3) is 11.3. The molecule has 3 heteroatoms. The van der Waals surface area contributed by atoms with Crippen molar-refractivity contribution in [3.05, 3.63) is 24.3 Å². The molecule has 0 aliphatic heterocycles. The lowest BCUT2D eigenvalue weighted by molar-refractivity contribution is -0.145. The molecule has 0 aromatic rings. The third-order valence-corrected chi connectivity index (χ3v) is 5.65. The number of carbonyl (C=O) groups is 3. The summed E-state index contributed by atoms with van der Waals surface area (Å²) < 4.78 is 0. The van der Waals surface area contributed by atoms with Crippen LogP contribution in [0.1, 0.15) is 111 Å². The number of unbranched alkanes of at least 4 members (excludes halogenated alkanes) is 8. The maximum absolute atomic E-state index is 12.3. The number of hydrogen-bond acceptors (Lipinski definition) is 3. The maximum Gasteiger partial charge on any atom is 0.151 e. The second-order valence-corrected chi connectivity index (χ2v) is 9.33. The highest BCUT2D eigenvalue weighted by Gasteiger charge is 2.42. The van der Waals surface area contributed by atoms with Gasteiger partial charge in [-0.05, 0) is 43.9 Å². The van der Waals surface area contributed by atoms with Gasteiger partial charge < -0.3 is 0 Å². The summed E-state index contributed by atoms with van der Waals surface area (Å²) >= 11 is 0. The number of hydrogen-bond donors (Lipinski definition) is 0. The molecule has 3 nitrogen and oxygen atoms in total. The zero-order valence-corrected chi connectivity index (χ0v) is 19.0. The van der Waals surface area contributed by atoms with Crippen LogP contribution in [0.2, 0.25) is 0 Å². The standard InChI is InChI=1S/C26H42O3/c1-4-5-6-7-8-9-10-11-12-13-14-15-16-17-18-19-22(27)25-23(28)20-26(2,3)21-24(25)29/h8-9,11-12,25H,4-7,10,13-21H2,1-3H3/b9-8-,12-11-. The van der Waals surface area contributed by atoms with Crippen LogP contribution < -0.4 is 0 Å². The van der Waals surface area contributed by atoms with Gasteiger partial charge in [-0.2, -0.15) is 0 Å². The Morgan fingerprint density at radius 3 is 1.93 bits per heavy atom. The highest BCUT2D eigenvalue weighted by molar-refractivity contribution is 6.20. The molecule has 0 atom stereocenters. The van der Waals surface area contributed by atoms with Crippen LogP contribution in [0.4, 0.5) is 0 Å². The Bertz CT molecular complexity index is 549. The minimum atomic E-state index is -0.964. The van der Waals surface area contributed by atoms with E-state index in [1.54, 1.807) is 0 Å². The molecule has 0 heterocycles. The van der Waals surface area contributed by atoms with Gasteiger partial charge in [0.2, 0.25) is 0 Å². The first-order chi connectivity index (χ1) is 13.9. The van der Waals surface area contributed by atoms with E-state index in [4.69, 9.17) is 0 Å². The molecular weight excluding hydrogens is 360 g/mol. The first kappa shape index (κ1) is 25.5. The lowest BCUT2D eigenvalue weighted by Crippen LogP contribution is -2.41. The second kappa shape index (κ2) is 14.5. The Hall–Kier alpha value is -1.51. The van der Waals surface area contributed by atoms with Gasteiger partial charge in [-0.1, -0.05) is 77.2 Å². The van der Waals surface area contributed by atoms with Crippen LogP contribution in [0.25, 0.3) is 0 Å². The van der Waals surface area contributed by atoms with Gasteiger partial charge in [0.1, 0.15) is 5.92 Å².